The van der Waals surface area contributed by atoms with Gasteiger partial charge < -0.3 is 10.1 Å². The molecule has 26 heavy (non-hydrogen) atoms. The van der Waals surface area contributed by atoms with Gasteiger partial charge in [0.05, 0.1) is 17.8 Å². The molecule has 2 amide bonds. The number of aryl methyl sites for hydroxylation is 1. The van der Waals surface area contributed by atoms with Gasteiger partial charge in [0, 0.05) is 5.69 Å². The first-order valence-corrected chi connectivity index (χ1v) is 8.31. The van der Waals surface area contributed by atoms with Gasteiger partial charge in [-0.3, -0.25) is 4.90 Å². The summed E-state index contributed by atoms with van der Waals surface area (Å²) >= 11 is 0. The molecule has 0 bridgehead atoms. The summed E-state index contributed by atoms with van der Waals surface area (Å²) in [6, 6.07) is 9.62. The molecule has 0 radical (unpaired) electrons. The molecule has 4 nitrogen and oxygen atoms in total. The summed E-state index contributed by atoms with van der Waals surface area (Å²) < 4.78 is 44.4. The van der Waals surface area contributed by atoms with Crippen LogP contribution in [0.25, 0.3) is 0 Å². The number of amides is 2. The molecule has 0 aromatic heterocycles. The van der Waals surface area contributed by atoms with Crippen LogP contribution in [0.2, 0.25) is 0 Å². The Morgan fingerprint density at radius 2 is 2.04 bits per heavy atom. The topological polar surface area (TPSA) is 41.6 Å². The Bertz CT molecular complexity index is 821. The minimum Gasteiger partial charge on any atom is -0.486 e. The van der Waals surface area contributed by atoms with Crippen LogP contribution in [0.4, 0.5) is 29.3 Å². The van der Waals surface area contributed by atoms with E-state index >= 15 is 0 Å². The lowest BCUT2D eigenvalue weighted by Gasteiger charge is -2.34. The second kappa shape index (κ2) is 6.90. The highest BCUT2D eigenvalue weighted by Gasteiger charge is 2.32. The van der Waals surface area contributed by atoms with E-state index in [2.05, 4.69) is 5.32 Å². The van der Waals surface area contributed by atoms with E-state index in [0.29, 0.717) is 24.4 Å². The summed E-state index contributed by atoms with van der Waals surface area (Å²) in [6.07, 6.45) is -3.92. The standard InChI is InChI=1S/C19H19F3N2O2/c1-3-15-11-24(16-9-12(2)7-8-17(16)26-15)18(25)23-14-6-4-5-13(10-14)19(20,21)22/h4-10,15H,3,11H2,1-2H3,(H,23,25). The second-order valence-corrected chi connectivity index (χ2v) is 6.24. The maximum atomic E-state index is 12.9. The molecule has 0 saturated heterocycles. The highest BCUT2D eigenvalue weighted by molar-refractivity contribution is 6.03. The molecule has 0 saturated carbocycles. The summed E-state index contributed by atoms with van der Waals surface area (Å²) in [6.45, 7) is 4.18. The fraction of sp³-hybridized carbons (Fsp3) is 0.316. The van der Waals surface area contributed by atoms with Crippen molar-refractivity contribution in [3.63, 3.8) is 0 Å². The van der Waals surface area contributed by atoms with E-state index in [1.54, 1.807) is 6.07 Å². The third-order valence-corrected chi connectivity index (χ3v) is 4.23. The normalized spacial score (nSPS) is 16.7. The summed E-state index contributed by atoms with van der Waals surface area (Å²) in [5.74, 6) is 0.591. The molecule has 1 aliphatic rings. The van der Waals surface area contributed by atoms with E-state index in [-0.39, 0.29) is 11.8 Å². The van der Waals surface area contributed by atoms with E-state index in [1.165, 1.54) is 17.0 Å². The van der Waals surface area contributed by atoms with Crippen LogP contribution in [0.1, 0.15) is 24.5 Å². The van der Waals surface area contributed by atoms with Crippen molar-refractivity contribution < 1.29 is 22.7 Å². The van der Waals surface area contributed by atoms with Crippen molar-refractivity contribution in [1.82, 2.24) is 0 Å². The van der Waals surface area contributed by atoms with Crippen LogP contribution in [0.5, 0.6) is 5.75 Å². The van der Waals surface area contributed by atoms with Gasteiger partial charge in [-0.15, -0.1) is 0 Å². The molecule has 0 spiro atoms. The lowest BCUT2D eigenvalue weighted by atomic mass is 10.1. The lowest BCUT2D eigenvalue weighted by molar-refractivity contribution is -0.137. The molecule has 1 aliphatic heterocycles. The molecule has 1 unspecified atom stereocenters. The number of benzene rings is 2. The number of hydrogen-bond acceptors (Lipinski definition) is 2. The average molecular weight is 364 g/mol. The minimum absolute atomic E-state index is 0.0959. The highest BCUT2D eigenvalue weighted by Crippen LogP contribution is 2.36. The Labute approximate surface area is 149 Å². The molecule has 0 fully saturated rings. The van der Waals surface area contributed by atoms with Crippen LogP contribution in [0.3, 0.4) is 0 Å². The number of ether oxygens (including phenoxy) is 1. The molecule has 1 atom stereocenters. The highest BCUT2D eigenvalue weighted by atomic mass is 19.4. The number of nitrogens with one attached hydrogen (secondary N) is 1. The SMILES string of the molecule is CCC1CN(C(=O)Nc2cccc(C(F)(F)F)c2)c2cc(C)ccc2O1. The Morgan fingerprint density at radius 3 is 2.73 bits per heavy atom. The van der Waals surface area contributed by atoms with Crippen molar-refractivity contribution in [3.05, 3.63) is 53.6 Å². The third kappa shape index (κ3) is 3.76. The first kappa shape index (κ1) is 18.1. The van der Waals surface area contributed by atoms with Gasteiger partial charge in [-0.05, 0) is 49.2 Å². The number of hydrogen-bond donors (Lipinski definition) is 1. The number of carbonyl (C=O) groups excluding carboxylic acids is 1. The van der Waals surface area contributed by atoms with Crippen molar-refractivity contribution in [3.8, 4) is 5.75 Å². The molecule has 0 aliphatic carbocycles. The van der Waals surface area contributed by atoms with E-state index in [9.17, 15) is 18.0 Å². The smallest absolute Gasteiger partial charge is 0.416 e. The van der Waals surface area contributed by atoms with Crippen molar-refractivity contribution in [2.45, 2.75) is 32.5 Å². The number of urea groups is 1. The van der Waals surface area contributed by atoms with Gasteiger partial charge in [-0.2, -0.15) is 13.2 Å². The number of anilines is 2. The molecule has 2 aromatic rings. The molecule has 2 aromatic carbocycles. The number of rotatable bonds is 2. The van der Waals surface area contributed by atoms with Gasteiger partial charge in [0.1, 0.15) is 11.9 Å². The Morgan fingerprint density at radius 1 is 1.27 bits per heavy atom. The van der Waals surface area contributed by atoms with Crippen molar-refractivity contribution in [2.75, 3.05) is 16.8 Å². The molecule has 1 heterocycles. The van der Waals surface area contributed by atoms with Gasteiger partial charge in [-0.1, -0.05) is 19.1 Å². The minimum atomic E-state index is -4.46. The summed E-state index contributed by atoms with van der Waals surface area (Å²) in [5.41, 5.74) is 0.858. The van der Waals surface area contributed by atoms with Gasteiger partial charge >= 0.3 is 12.2 Å². The van der Waals surface area contributed by atoms with Gasteiger partial charge in [0.15, 0.2) is 0 Å². The average Bonchev–Trinajstić information content (AvgIpc) is 2.60. The lowest BCUT2D eigenvalue weighted by Crippen LogP contribution is -2.45. The van der Waals surface area contributed by atoms with E-state index < -0.39 is 17.8 Å². The van der Waals surface area contributed by atoms with Crippen LogP contribution in [0.15, 0.2) is 42.5 Å². The largest absolute Gasteiger partial charge is 0.486 e. The summed E-state index contributed by atoms with van der Waals surface area (Å²) in [4.78, 5) is 14.3. The fourth-order valence-corrected chi connectivity index (χ4v) is 2.83. The van der Waals surface area contributed by atoms with Gasteiger partial charge in [-0.25, -0.2) is 4.79 Å². The molecular weight excluding hydrogens is 345 g/mol. The number of halogens is 3. The van der Waals surface area contributed by atoms with Crippen LogP contribution in [0, 0.1) is 6.92 Å². The number of alkyl halides is 3. The van der Waals surface area contributed by atoms with Crippen LogP contribution in [-0.2, 0) is 6.18 Å². The maximum absolute atomic E-state index is 12.9. The first-order chi connectivity index (χ1) is 12.3. The molecular formula is C19H19F3N2O2. The van der Waals surface area contributed by atoms with Crippen LogP contribution >= 0.6 is 0 Å². The summed E-state index contributed by atoms with van der Waals surface area (Å²) in [5, 5.41) is 2.56. The zero-order valence-corrected chi connectivity index (χ0v) is 14.4. The van der Waals surface area contributed by atoms with Crippen LogP contribution < -0.4 is 15.0 Å². The zero-order chi connectivity index (χ0) is 18.9. The van der Waals surface area contributed by atoms with E-state index in [4.69, 9.17) is 4.74 Å². The molecule has 7 heteroatoms. The van der Waals surface area contributed by atoms with Crippen LogP contribution in [-0.4, -0.2) is 18.7 Å². The first-order valence-electron chi connectivity index (χ1n) is 8.31. The maximum Gasteiger partial charge on any atom is 0.416 e. The Balaban J connectivity index is 1.87. The Kier molecular flexibility index (Phi) is 4.80. The van der Waals surface area contributed by atoms with Crippen molar-refractivity contribution in [2.24, 2.45) is 0 Å². The second-order valence-electron chi connectivity index (χ2n) is 6.24. The van der Waals surface area contributed by atoms with Crippen molar-refractivity contribution >= 4 is 17.4 Å². The van der Waals surface area contributed by atoms with Gasteiger partial charge in [0.2, 0.25) is 0 Å². The van der Waals surface area contributed by atoms with E-state index in [0.717, 1.165) is 17.7 Å². The number of nitrogens with zero attached hydrogens (tertiary/aromatic N) is 1. The van der Waals surface area contributed by atoms with E-state index in [1.807, 2.05) is 26.0 Å². The molecule has 3 rings (SSSR count). The van der Waals surface area contributed by atoms with Crippen molar-refractivity contribution in [1.29, 1.82) is 0 Å². The zero-order valence-electron chi connectivity index (χ0n) is 14.4. The quantitative estimate of drug-likeness (QED) is 0.793. The summed E-state index contributed by atoms with van der Waals surface area (Å²) in [7, 11) is 0. The number of carbonyl (C=O) groups is 1. The predicted octanol–water partition coefficient (Wildman–Crippen LogP) is 5.22. The predicted molar refractivity (Wildman–Crippen MR) is 93.7 cm³/mol. The molecule has 138 valence electrons. The fourth-order valence-electron chi connectivity index (χ4n) is 2.83. The monoisotopic (exact) mass is 364 g/mol. The molecule has 1 N–H and O–H groups in total. The third-order valence-electron chi connectivity index (χ3n) is 4.23. The Hall–Kier alpha value is -2.70. The van der Waals surface area contributed by atoms with Gasteiger partial charge in [0.25, 0.3) is 0 Å². The number of fused-ring (bicyclic) bond motifs is 1.